The van der Waals surface area contributed by atoms with Gasteiger partial charge in [0.2, 0.25) is 5.95 Å². The summed E-state index contributed by atoms with van der Waals surface area (Å²) < 4.78 is 0. The fourth-order valence-corrected chi connectivity index (χ4v) is 4.07. The van der Waals surface area contributed by atoms with Gasteiger partial charge >= 0.3 is 5.97 Å². The number of anilines is 3. The molecule has 0 radical (unpaired) electrons. The monoisotopic (exact) mass is 474 g/mol. The first-order chi connectivity index (χ1) is 16.8. The van der Waals surface area contributed by atoms with E-state index < -0.39 is 17.6 Å². The summed E-state index contributed by atoms with van der Waals surface area (Å²) in [6, 6.07) is 10.2. The van der Waals surface area contributed by atoms with Crippen molar-refractivity contribution in [3.8, 4) is 0 Å². The molecule has 3 aromatic rings. The van der Waals surface area contributed by atoms with E-state index in [0.29, 0.717) is 23.6 Å². The molecule has 0 aliphatic carbocycles. The number of carboxylic acids is 1. The van der Waals surface area contributed by atoms with Gasteiger partial charge in [-0.15, -0.1) is 6.58 Å². The minimum Gasteiger partial charge on any atom is -0.478 e. The lowest BCUT2D eigenvalue weighted by atomic mass is 10.0. The quantitative estimate of drug-likeness (QED) is 0.344. The number of pyridine rings is 1. The van der Waals surface area contributed by atoms with E-state index >= 15 is 0 Å². The van der Waals surface area contributed by atoms with E-state index in [-0.39, 0.29) is 29.7 Å². The summed E-state index contributed by atoms with van der Waals surface area (Å²) >= 11 is 0. The molecule has 4 N–H and O–H groups in total. The molecule has 0 fully saturated rings. The van der Waals surface area contributed by atoms with Gasteiger partial charge in [-0.3, -0.25) is 4.79 Å². The number of carboxylic acid groups (broad SMARTS) is 1. The number of amides is 1. The van der Waals surface area contributed by atoms with Gasteiger partial charge in [0.15, 0.2) is 0 Å². The molecule has 2 aromatic heterocycles. The normalized spacial score (nSPS) is 14.8. The predicted octanol–water partition coefficient (Wildman–Crippen LogP) is 3.34. The molecule has 0 bridgehead atoms. The molecule has 1 aliphatic heterocycles. The van der Waals surface area contributed by atoms with Crippen LogP contribution < -0.4 is 10.6 Å². The largest absolute Gasteiger partial charge is 0.478 e. The average molecular weight is 475 g/mol. The Balaban J connectivity index is 1.64. The second-order valence-electron chi connectivity index (χ2n) is 8.55. The van der Waals surface area contributed by atoms with Crippen LogP contribution in [0.15, 0.2) is 61.4 Å². The Labute approximate surface area is 202 Å². The van der Waals surface area contributed by atoms with Gasteiger partial charge < -0.3 is 25.7 Å². The molecule has 1 atom stereocenters. The van der Waals surface area contributed by atoms with Crippen molar-refractivity contribution in [1.29, 1.82) is 0 Å². The number of nitrogens with one attached hydrogen (secondary N) is 2. The summed E-state index contributed by atoms with van der Waals surface area (Å²) in [4.78, 5) is 39.2. The number of rotatable bonds is 9. The number of aliphatic hydroxyl groups is 1. The van der Waals surface area contributed by atoms with Crippen molar-refractivity contribution in [3.05, 3.63) is 83.8 Å². The second-order valence-corrected chi connectivity index (χ2v) is 8.55. The highest BCUT2D eigenvalue weighted by atomic mass is 16.4. The lowest BCUT2D eigenvalue weighted by molar-refractivity contribution is 0.0647. The molecule has 35 heavy (non-hydrogen) atoms. The van der Waals surface area contributed by atoms with Crippen LogP contribution in [0.5, 0.6) is 0 Å². The average Bonchev–Trinajstić information content (AvgIpc) is 3.03. The van der Waals surface area contributed by atoms with Gasteiger partial charge in [-0.2, -0.15) is 0 Å². The third-order valence-corrected chi connectivity index (χ3v) is 5.92. The van der Waals surface area contributed by atoms with Gasteiger partial charge in [0.1, 0.15) is 11.4 Å². The van der Waals surface area contributed by atoms with E-state index in [1.807, 2.05) is 44.2 Å². The van der Waals surface area contributed by atoms with Crippen molar-refractivity contribution in [2.45, 2.75) is 25.4 Å². The second kappa shape index (κ2) is 9.51. The molecule has 0 unspecified atom stereocenters. The first-order valence-corrected chi connectivity index (χ1v) is 11.0. The number of fused-ring (bicyclic) bond motifs is 1. The van der Waals surface area contributed by atoms with Crippen LogP contribution in [0.4, 0.5) is 17.5 Å². The molecule has 1 aliphatic rings. The van der Waals surface area contributed by atoms with E-state index in [9.17, 15) is 19.8 Å². The summed E-state index contributed by atoms with van der Waals surface area (Å²) in [6.07, 6.45) is 4.36. The van der Waals surface area contributed by atoms with Crippen molar-refractivity contribution < 1.29 is 19.8 Å². The van der Waals surface area contributed by atoms with Crippen LogP contribution in [0, 0.1) is 0 Å². The molecule has 0 saturated heterocycles. The Hall–Kier alpha value is -4.31. The SMILES string of the molecule is C=CCN1C(=O)c2cnc(Nc3cc(N[C@H](CO)c4ccccc4)c(C(=O)O)cn3)nc2C1(C)C. The van der Waals surface area contributed by atoms with E-state index in [1.54, 1.807) is 11.0 Å². The topological polar surface area (TPSA) is 141 Å². The number of hydrogen-bond donors (Lipinski definition) is 4. The fourth-order valence-electron chi connectivity index (χ4n) is 4.07. The zero-order valence-electron chi connectivity index (χ0n) is 19.4. The van der Waals surface area contributed by atoms with Crippen molar-refractivity contribution in [3.63, 3.8) is 0 Å². The van der Waals surface area contributed by atoms with E-state index in [1.165, 1.54) is 18.5 Å². The molecule has 180 valence electrons. The third-order valence-electron chi connectivity index (χ3n) is 5.92. The smallest absolute Gasteiger partial charge is 0.339 e. The van der Waals surface area contributed by atoms with Crippen LogP contribution in [-0.2, 0) is 5.54 Å². The van der Waals surface area contributed by atoms with E-state index in [4.69, 9.17) is 0 Å². The summed E-state index contributed by atoms with van der Waals surface area (Å²) in [5.41, 5.74) is 1.37. The third kappa shape index (κ3) is 4.56. The molecule has 0 spiro atoms. The molecule has 0 saturated carbocycles. The van der Waals surface area contributed by atoms with Gasteiger partial charge in [0, 0.05) is 25.0 Å². The lowest BCUT2D eigenvalue weighted by Crippen LogP contribution is -2.39. The van der Waals surface area contributed by atoms with Crippen molar-refractivity contribution in [2.75, 3.05) is 23.8 Å². The van der Waals surface area contributed by atoms with Crippen LogP contribution in [0.3, 0.4) is 0 Å². The van der Waals surface area contributed by atoms with Gasteiger partial charge in [-0.1, -0.05) is 36.4 Å². The van der Waals surface area contributed by atoms with Crippen molar-refractivity contribution >= 4 is 29.3 Å². The standard InChI is InChI=1S/C25H26N6O4/c1-4-10-31-22(33)17-13-27-24(30-21(17)25(31,2)3)29-20-11-18(16(12-26-20)23(34)35)28-19(14-32)15-8-6-5-7-9-15/h4-9,11-13,19,32H,1,10,14H2,2-3H3,(H,34,35)(H2,26,27,28,29,30)/t19-/m1/s1. The van der Waals surface area contributed by atoms with Gasteiger partial charge in [-0.25, -0.2) is 19.7 Å². The summed E-state index contributed by atoms with van der Waals surface area (Å²) in [5.74, 6) is -0.809. The first kappa shape index (κ1) is 23.8. The fraction of sp³-hybridized carbons (Fsp3) is 0.240. The predicted molar refractivity (Wildman–Crippen MR) is 131 cm³/mol. The molecular formula is C25H26N6O4. The van der Waals surface area contributed by atoms with Crippen LogP contribution in [0.2, 0.25) is 0 Å². The highest BCUT2D eigenvalue weighted by Gasteiger charge is 2.44. The summed E-state index contributed by atoms with van der Waals surface area (Å²) in [5, 5.41) is 25.6. The van der Waals surface area contributed by atoms with Gasteiger partial charge in [0.05, 0.1) is 35.1 Å². The van der Waals surface area contributed by atoms with E-state index in [0.717, 1.165) is 5.56 Å². The van der Waals surface area contributed by atoms with Crippen molar-refractivity contribution in [1.82, 2.24) is 19.9 Å². The Bertz CT molecular complexity index is 1280. The molecule has 4 rings (SSSR count). The first-order valence-electron chi connectivity index (χ1n) is 11.0. The maximum Gasteiger partial charge on any atom is 0.339 e. The minimum absolute atomic E-state index is 0.0494. The number of carbonyl (C=O) groups is 2. The highest BCUT2D eigenvalue weighted by molar-refractivity contribution is 5.99. The summed E-state index contributed by atoms with van der Waals surface area (Å²) in [6.45, 7) is 7.66. The molecular weight excluding hydrogens is 448 g/mol. The maximum absolute atomic E-state index is 12.7. The number of carbonyl (C=O) groups excluding carboxylic acids is 1. The Morgan fingerprint density at radius 2 is 1.97 bits per heavy atom. The van der Waals surface area contributed by atoms with Crippen LogP contribution in [0.1, 0.15) is 51.9 Å². The highest BCUT2D eigenvalue weighted by Crippen LogP contribution is 2.37. The molecule has 10 heteroatoms. The molecule has 1 amide bonds. The Morgan fingerprint density at radius 1 is 1.23 bits per heavy atom. The minimum atomic E-state index is -1.16. The van der Waals surface area contributed by atoms with Crippen LogP contribution >= 0.6 is 0 Å². The van der Waals surface area contributed by atoms with Gasteiger partial charge in [0.25, 0.3) is 5.91 Å². The Kier molecular flexibility index (Phi) is 6.48. The maximum atomic E-state index is 12.7. The zero-order valence-corrected chi connectivity index (χ0v) is 19.4. The number of aromatic carboxylic acids is 1. The zero-order chi connectivity index (χ0) is 25.2. The molecule has 3 heterocycles. The summed E-state index contributed by atoms with van der Waals surface area (Å²) in [7, 11) is 0. The van der Waals surface area contributed by atoms with E-state index in [2.05, 4.69) is 32.2 Å². The molecule has 10 nitrogen and oxygen atoms in total. The number of aliphatic hydroxyl groups excluding tert-OH is 1. The number of nitrogens with zero attached hydrogens (tertiary/aromatic N) is 4. The van der Waals surface area contributed by atoms with Crippen LogP contribution in [-0.4, -0.2) is 55.1 Å². The van der Waals surface area contributed by atoms with Crippen LogP contribution in [0.25, 0.3) is 0 Å². The van der Waals surface area contributed by atoms with Gasteiger partial charge in [-0.05, 0) is 19.4 Å². The number of hydrogen-bond acceptors (Lipinski definition) is 8. The van der Waals surface area contributed by atoms with Crippen molar-refractivity contribution in [2.24, 2.45) is 0 Å². The lowest BCUT2D eigenvalue weighted by Gasteiger charge is -2.30. The number of benzene rings is 1. The Morgan fingerprint density at radius 3 is 2.63 bits per heavy atom. The number of aromatic nitrogens is 3. The molecule has 1 aromatic carbocycles.